The van der Waals surface area contributed by atoms with Gasteiger partial charge in [-0.2, -0.15) is 0 Å². The van der Waals surface area contributed by atoms with Crippen molar-refractivity contribution >= 4 is 24.0 Å². The number of hydrogen-bond acceptors (Lipinski definition) is 2. The van der Waals surface area contributed by atoms with Crippen LogP contribution in [-0.2, 0) is 27.0 Å². The van der Waals surface area contributed by atoms with Crippen LogP contribution in [0.15, 0.2) is 91.0 Å². The molecular weight excluding hydrogens is 394 g/mol. The van der Waals surface area contributed by atoms with Crippen LogP contribution in [0.25, 0.3) is 12.2 Å². The van der Waals surface area contributed by atoms with Crippen LogP contribution < -0.4 is 0 Å². The Kier molecular flexibility index (Phi) is 3.33. The molecule has 3 heteroatoms. The molecule has 32 heavy (non-hydrogen) atoms. The molecule has 7 rings (SSSR count). The first kappa shape index (κ1) is 17.9. The minimum absolute atomic E-state index is 0.0285. The molecule has 1 heterocycles. The molecule has 4 atom stereocenters. The van der Waals surface area contributed by atoms with Crippen molar-refractivity contribution in [3.05, 3.63) is 119 Å². The molecule has 2 fully saturated rings. The van der Waals surface area contributed by atoms with Gasteiger partial charge in [-0.1, -0.05) is 103 Å². The van der Waals surface area contributed by atoms with Gasteiger partial charge in [0.15, 0.2) is 0 Å². The van der Waals surface area contributed by atoms with Gasteiger partial charge < -0.3 is 0 Å². The largest absolute Gasteiger partial charge is 0.276 e. The zero-order valence-electron chi connectivity index (χ0n) is 17.4. The molecule has 0 bridgehead atoms. The summed E-state index contributed by atoms with van der Waals surface area (Å²) in [5.74, 6) is -0.178. The van der Waals surface area contributed by atoms with E-state index in [2.05, 4.69) is 48.6 Å². The summed E-state index contributed by atoms with van der Waals surface area (Å²) in [6.07, 6.45) is 8.59. The molecule has 154 valence electrons. The van der Waals surface area contributed by atoms with Gasteiger partial charge in [0.05, 0.1) is 6.54 Å². The monoisotopic (exact) mass is 415 g/mol. The summed E-state index contributed by atoms with van der Waals surface area (Å²) in [6.45, 7) is 0.305. The van der Waals surface area contributed by atoms with Crippen LogP contribution in [0, 0.1) is 11.8 Å². The van der Waals surface area contributed by atoms with Crippen molar-refractivity contribution in [3.8, 4) is 0 Å². The maximum Gasteiger partial charge on any atom is 0.242 e. The average molecular weight is 415 g/mol. The summed E-state index contributed by atoms with van der Waals surface area (Å²) in [7, 11) is 0. The Balaban J connectivity index is 1.53. The lowest BCUT2D eigenvalue weighted by Crippen LogP contribution is -2.73. The van der Waals surface area contributed by atoms with Crippen molar-refractivity contribution in [1.82, 2.24) is 4.90 Å². The number of benzene rings is 3. The second-order valence-corrected chi connectivity index (χ2v) is 9.24. The average Bonchev–Trinajstić information content (AvgIpc) is 2.96. The van der Waals surface area contributed by atoms with E-state index in [1.807, 2.05) is 54.6 Å². The Morgan fingerprint density at radius 3 is 1.62 bits per heavy atom. The normalized spacial score (nSPS) is 30.7. The smallest absolute Gasteiger partial charge is 0.242 e. The van der Waals surface area contributed by atoms with Gasteiger partial charge in [0.1, 0.15) is 10.8 Å². The number of carbonyl (C=O) groups is 2. The maximum atomic E-state index is 14.4. The van der Waals surface area contributed by atoms with Crippen molar-refractivity contribution in [2.45, 2.75) is 17.4 Å². The molecule has 3 aromatic rings. The van der Waals surface area contributed by atoms with Crippen LogP contribution in [0.3, 0.4) is 0 Å². The maximum absolute atomic E-state index is 14.4. The Labute approximate surface area is 186 Å². The fraction of sp³-hybridized carbons (Fsp3) is 0.172. The summed E-state index contributed by atoms with van der Waals surface area (Å²) in [5, 5.41) is 0. The highest BCUT2D eigenvalue weighted by molar-refractivity contribution is 6.20. The van der Waals surface area contributed by atoms with Crippen molar-refractivity contribution in [2.24, 2.45) is 11.8 Å². The van der Waals surface area contributed by atoms with Crippen LogP contribution in [0.1, 0.15) is 27.8 Å². The van der Waals surface area contributed by atoms with Gasteiger partial charge in [-0.05, 0) is 27.8 Å². The molecule has 2 spiro atoms. The fourth-order valence-corrected chi connectivity index (χ4v) is 6.98. The lowest BCUT2D eigenvalue weighted by molar-refractivity contribution is -0.141. The molecule has 4 unspecified atom stereocenters. The predicted octanol–water partition coefficient (Wildman–Crippen LogP) is 4.73. The van der Waals surface area contributed by atoms with Gasteiger partial charge in [0.25, 0.3) is 0 Å². The first-order valence-electron chi connectivity index (χ1n) is 11.2. The summed E-state index contributed by atoms with van der Waals surface area (Å²) in [5.41, 5.74) is 3.24. The Morgan fingerprint density at radius 1 is 0.625 bits per heavy atom. The molecule has 1 saturated carbocycles. The number of likely N-dealkylation sites (tertiary alicyclic amines) is 1. The third-order valence-corrected chi connectivity index (χ3v) is 8.09. The topological polar surface area (TPSA) is 37.4 Å². The molecule has 4 aliphatic rings. The van der Waals surface area contributed by atoms with Gasteiger partial charge in [-0.25, -0.2) is 0 Å². The predicted molar refractivity (Wildman–Crippen MR) is 123 cm³/mol. The number of allylic oxidation sites excluding steroid dienone is 2. The van der Waals surface area contributed by atoms with E-state index in [-0.39, 0.29) is 23.7 Å². The summed E-state index contributed by atoms with van der Waals surface area (Å²) in [4.78, 5) is 30.4. The van der Waals surface area contributed by atoms with Crippen LogP contribution in [0.4, 0.5) is 0 Å². The fourth-order valence-electron chi connectivity index (χ4n) is 6.98. The SMILES string of the molecule is O=C1N(Cc2ccccc2)C(=O)C23c4ccccc4C=CC2C2C=Cc4ccccc4C123. The molecule has 3 nitrogen and oxygen atoms in total. The highest BCUT2D eigenvalue weighted by atomic mass is 16.2. The lowest BCUT2D eigenvalue weighted by atomic mass is 9.33. The number of imide groups is 1. The quantitative estimate of drug-likeness (QED) is 0.568. The van der Waals surface area contributed by atoms with E-state index in [0.29, 0.717) is 6.54 Å². The van der Waals surface area contributed by atoms with Crippen molar-refractivity contribution in [2.75, 3.05) is 0 Å². The molecule has 0 radical (unpaired) electrons. The number of hydrogen-bond donors (Lipinski definition) is 0. The second kappa shape index (κ2) is 5.95. The van der Waals surface area contributed by atoms with Crippen LogP contribution in [-0.4, -0.2) is 16.7 Å². The van der Waals surface area contributed by atoms with E-state index in [9.17, 15) is 9.59 Å². The first-order chi connectivity index (χ1) is 15.7. The van der Waals surface area contributed by atoms with E-state index >= 15 is 0 Å². The van der Waals surface area contributed by atoms with Crippen molar-refractivity contribution in [3.63, 3.8) is 0 Å². The molecule has 2 amide bonds. The molecule has 0 N–H and O–H groups in total. The van der Waals surface area contributed by atoms with E-state index < -0.39 is 10.8 Å². The first-order valence-corrected chi connectivity index (χ1v) is 11.2. The second-order valence-electron chi connectivity index (χ2n) is 9.24. The van der Waals surface area contributed by atoms with Gasteiger partial charge in [0, 0.05) is 11.8 Å². The third-order valence-electron chi connectivity index (χ3n) is 8.09. The van der Waals surface area contributed by atoms with E-state index in [4.69, 9.17) is 0 Å². The summed E-state index contributed by atoms with van der Waals surface area (Å²) >= 11 is 0. The summed E-state index contributed by atoms with van der Waals surface area (Å²) in [6, 6.07) is 26.0. The number of fused-ring (bicyclic) bond motifs is 3. The minimum Gasteiger partial charge on any atom is -0.276 e. The number of carbonyl (C=O) groups excluding carboxylic acids is 2. The van der Waals surface area contributed by atoms with E-state index in [1.54, 1.807) is 0 Å². The Hall–Kier alpha value is -3.72. The van der Waals surface area contributed by atoms with Gasteiger partial charge in [-0.15, -0.1) is 0 Å². The van der Waals surface area contributed by atoms with E-state index in [1.165, 1.54) is 4.90 Å². The highest BCUT2D eigenvalue weighted by Gasteiger charge is 2.84. The molecule has 3 aliphatic carbocycles. The lowest BCUT2D eigenvalue weighted by Gasteiger charge is -2.64. The van der Waals surface area contributed by atoms with Gasteiger partial charge in [0.2, 0.25) is 11.8 Å². The Bertz CT molecular complexity index is 1290. The molecule has 1 saturated heterocycles. The number of nitrogens with zero attached hydrogens (tertiary/aromatic N) is 1. The standard InChI is InChI=1S/C29H21NO2/c31-26-28-22-12-6-4-10-20(22)14-16-24(28)25-17-15-21-11-5-7-13-23(21)29(25,28)27(32)30(26)18-19-8-2-1-3-9-19/h1-17,24-25H,18H2. The number of rotatable bonds is 2. The van der Waals surface area contributed by atoms with E-state index in [0.717, 1.165) is 27.8 Å². The molecule has 1 aliphatic heterocycles. The van der Waals surface area contributed by atoms with Crippen LogP contribution >= 0.6 is 0 Å². The summed E-state index contributed by atoms with van der Waals surface area (Å²) < 4.78 is 0. The van der Waals surface area contributed by atoms with Gasteiger partial charge in [-0.3, -0.25) is 14.5 Å². The van der Waals surface area contributed by atoms with Crippen molar-refractivity contribution < 1.29 is 9.59 Å². The Morgan fingerprint density at radius 2 is 1.09 bits per heavy atom. The van der Waals surface area contributed by atoms with Gasteiger partial charge >= 0.3 is 0 Å². The molecule has 0 aromatic heterocycles. The molecule has 3 aromatic carbocycles. The highest BCUT2D eigenvalue weighted by Crippen LogP contribution is 2.74. The molecular formula is C29H21NO2. The number of amides is 2. The van der Waals surface area contributed by atoms with Crippen LogP contribution in [0.2, 0.25) is 0 Å². The van der Waals surface area contributed by atoms with Crippen LogP contribution in [0.5, 0.6) is 0 Å². The minimum atomic E-state index is -0.893. The zero-order chi connectivity index (χ0) is 21.5. The third kappa shape index (κ3) is 1.77. The zero-order valence-corrected chi connectivity index (χ0v) is 17.4. The van der Waals surface area contributed by atoms with Crippen molar-refractivity contribution in [1.29, 1.82) is 0 Å².